The number of likely N-dealkylation sites (N-methyl/N-ethyl adjacent to an activating group) is 1. The average Bonchev–Trinajstić information content (AvgIpc) is 3.38. The molecule has 3 aliphatic rings. The SMILES string of the molecule is C=CCO[C@]1(C)C[C@H](C)/C(=N\OC(=O)C(C)(C)C)[C@H](C)[C@@H](O)[C@](C)(O)[C@@H](CC)OC(=O)[C@H](C)[C@@H](O[C@H]2C[C@@](C)(OC)[C@@H](OC(=O)c3ccccc3)[C@H](C)O2)[C@H](C)[C@H]1OC1O[C@H](C)C[C@H](N(C)C)[C@H]1OC(=O)c1ccccc1. The molecular weight excluding hydrogens is 993 g/mol. The first-order valence-electron chi connectivity index (χ1n) is 27.0. The molecule has 0 spiro atoms. The molecule has 0 aliphatic carbocycles. The maximum absolute atomic E-state index is 15.0. The van der Waals surface area contributed by atoms with E-state index in [1.165, 1.54) is 14.0 Å². The van der Waals surface area contributed by atoms with Crippen LogP contribution in [0.15, 0.2) is 78.5 Å². The van der Waals surface area contributed by atoms with Crippen molar-refractivity contribution >= 4 is 29.6 Å². The van der Waals surface area contributed by atoms with E-state index in [1.807, 2.05) is 46.7 Å². The van der Waals surface area contributed by atoms with Crippen LogP contribution in [0, 0.1) is 29.1 Å². The maximum Gasteiger partial charge on any atom is 0.340 e. The quantitative estimate of drug-likeness (QED) is 0.0566. The van der Waals surface area contributed by atoms with Crippen molar-refractivity contribution in [1.82, 2.24) is 4.90 Å². The Hall–Kier alpha value is -4.63. The van der Waals surface area contributed by atoms with Crippen LogP contribution >= 0.6 is 0 Å². The zero-order chi connectivity index (χ0) is 57.4. The molecule has 0 aromatic heterocycles. The first kappa shape index (κ1) is 63.2. The maximum atomic E-state index is 15.0. The fourth-order valence-electron chi connectivity index (χ4n) is 11.0. The lowest BCUT2D eigenvalue weighted by atomic mass is 9.73. The number of carbonyl (C=O) groups is 4. The lowest BCUT2D eigenvalue weighted by molar-refractivity contribution is -0.319. The number of esters is 3. The molecule has 3 saturated heterocycles. The molecule has 3 heterocycles. The number of benzene rings is 2. The molecule has 0 saturated carbocycles. The van der Waals surface area contributed by atoms with Gasteiger partial charge in [0.1, 0.15) is 17.3 Å². The number of hydrogen-bond donors (Lipinski definition) is 2. The van der Waals surface area contributed by atoms with Crippen molar-refractivity contribution in [2.45, 2.75) is 200 Å². The van der Waals surface area contributed by atoms with Crippen LogP contribution < -0.4 is 0 Å². The number of hydrogen-bond acceptors (Lipinski definition) is 18. The van der Waals surface area contributed by atoms with Crippen LogP contribution in [0.25, 0.3) is 0 Å². The van der Waals surface area contributed by atoms with E-state index >= 15 is 0 Å². The van der Waals surface area contributed by atoms with Gasteiger partial charge in [-0.05, 0) is 120 Å². The number of rotatable bonds is 15. The number of aliphatic hydroxyl groups is 2. The topological polar surface area (TPSA) is 217 Å². The second kappa shape index (κ2) is 26.6. The van der Waals surface area contributed by atoms with Crippen molar-refractivity contribution in [3.8, 4) is 0 Å². The Balaban J connectivity index is 1.73. The first-order chi connectivity index (χ1) is 36.0. The zero-order valence-corrected chi connectivity index (χ0v) is 48.3. The van der Waals surface area contributed by atoms with Gasteiger partial charge >= 0.3 is 23.9 Å². The Labute approximate surface area is 456 Å². The summed E-state index contributed by atoms with van der Waals surface area (Å²) >= 11 is 0. The minimum Gasteiger partial charge on any atom is -0.459 e. The molecular formula is C59H88N2O16. The summed E-state index contributed by atoms with van der Waals surface area (Å²) in [6.45, 7) is 26.4. The standard InChI is InChI=1S/C59H88N2O16/c1-18-30-69-58(13)32-34(3)45(60-77-55(66)56(9,10)11)36(5)48(62)59(14,67)43(19-2)72-51(63)38(7)46(73-44-33-57(12,68-17)50(39(8)71-44)75-53(65)41-28-24-21-25-29-41)37(6)49(58)76-54-47(42(61(15)16)31-35(4)70-54)74-52(64)40-26-22-20-23-27-40/h18,20-29,34-39,42-44,46-50,54,62,67H,1,19,30-33H2,2-17H3/b60-45+/t34-,35+,36-,37-,38+,39-,42-,43+,44-,46-,47+,48+,49+,50-,54?,57+,58+,59+/m0/s1. The minimum atomic E-state index is -2.07. The van der Waals surface area contributed by atoms with Crippen LogP contribution in [0.1, 0.15) is 136 Å². The number of methoxy groups -OCH3 is 1. The summed E-state index contributed by atoms with van der Waals surface area (Å²) in [5.74, 6) is -6.33. The Morgan fingerprint density at radius 1 is 0.831 bits per heavy atom. The summed E-state index contributed by atoms with van der Waals surface area (Å²) in [5, 5.41) is 29.1. The van der Waals surface area contributed by atoms with Crippen molar-refractivity contribution in [3.63, 3.8) is 0 Å². The third kappa shape index (κ3) is 15.2. The molecule has 0 bridgehead atoms. The van der Waals surface area contributed by atoms with Crippen LogP contribution in [-0.4, -0.2) is 157 Å². The van der Waals surface area contributed by atoms with E-state index in [4.69, 9.17) is 47.5 Å². The molecule has 2 aromatic rings. The average molecular weight is 1080 g/mol. The monoisotopic (exact) mass is 1080 g/mol. The molecule has 2 aromatic carbocycles. The Kier molecular flexibility index (Phi) is 21.8. The highest BCUT2D eigenvalue weighted by atomic mass is 16.7. The van der Waals surface area contributed by atoms with Crippen molar-refractivity contribution in [1.29, 1.82) is 0 Å². The van der Waals surface area contributed by atoms with Gasteiger partial charge in [-0.2, -0.15) is 0 Å². The fraction of sp³-hybridized carbons (Fsp3) is 0.678. The highest BCUT2D eigenvalue weighted by Gasteiger charge is 2.55. The van der Waals surface area contributed by atoms with Crippen molar-refractivity contribution in [2.75, 3.05) is 27.8 Å². The molecule has 77 heavy (non-hydrogen) atoms. The summed E-state index contributed by atoms with van der Waals surface area (Å²) < 4.78 is 59.7. The minimum absolute atomic E-state index is 0.0112. The van der Waals surface area contributed by atoms with Gasteiger partial charge in [-0.25, -0.2) is 14.4 Å². The van der Waals surface area contributed by atoms with Crippen LogP contribution in [0.2, 0.25) is 0 Å². The van der Waals surface area contributed by atoms with E-state index in [2.05, 4.69) is 11.7 Å². The highest BCUT2D eigenvalue weighted by molar-refractivity contribution is 5.90. The van der Waals surface area contributed by atoms with E-state index in [0.717, 1.165) is 0 Å². The van der Waals surface area contributed by atoms with Gasteiger partial charge in [0.2, 0.25) is 0 Å². The number of ether oxygens (including phenoxy) is 9. The zero-order valence-electron chi connectivity index (χ0n) is 48.3. The molecule has 0 radical (unpaired) electrons. The third-order valence-corrected chi connectivity index (χ3v) is 15.6. The van der Waals surface area contributed by atoms with Gasteiger partial charge in [-0.15, -0.1) is 6.58 Å². The summed E-state index contributed by atoms with van der Waals surface area (Å²) in [6.07, 6.45) is -8.49. The number of carbonyl (C=O) groups excluding carboxylic acids is 4. The molecule has 5 rings (SSSR count). The van der Waals surface area contributed by atoms with Gasteiger partial charge in [0.25, 0.3) is 0 Å². The Morgan fingerprint density at radius 3 is 1.95 bits per heavy atom. The number of oxime groups is 1. The molecule has 3 fully saturated rings. The van der Waals surface area contributed by atoms with Gasteiger partial charge in [-0.3, -0.25) is 4.79 Å². The van der Waals surface area contributed by atoms with E-state index in [1.54, 1.807) is 122 Å². The summed E-state index contributed by atoms with van der Waals surface area (Å²) in [5.41, 5.74) is -4.80. The second-order valence-electron chi connectivity index (χ2n) is 23.3. The molecule has 2 N–H and O–H groups in total. The van der Waals surface area contributed by atoms with Crippen molar-refractivity contribution in [2.24, 2.45) is 34.2 Å². The molecule has 430 valence electrons. The first-order valence-corrected chi connectivity index (χ1v) is 27.0. The predicted molar refractivity (Wildman–Crippen MR) is 287 cm³/mol. The summed E-state index contributed by atoms with van der Waals surface area (Å²) in [7, 11) is 5.29. The molecule has 18 heteroatoms. The Bertz CT molecular complexity index is 2310. The number of cyclic esters (lactones) is 1. The predicted octanol–water partition coefficient (Wildman–Crippen LogP) is 8.10. The van der Waals surface area contributed by atoms with Gasteiger partial charge in [0.05, 0.1) is 76.9 Å². The smallest absolute Gasteiger partial charge is 0.340 e. The highest BCUT2D eigenvalue weighted by Crippen LogP contribution is 2.43. The molecule has 0 amide bonds. The van der Waals surface area contributed by atoms with Crippen LogP contribution in [0.5, 0.6) is 0 Å². The van der Waals surface area contributed by atoms with Gasteiger partial charge in [0, 0.05) is 31.3 Å². The normalized spacial score (nSPS) is 37.3. The number of aliphatic hydroxyl groups excluding tert-OH is 1. The molecule has 3 aliphatic heterocycles. The lowest BCUT2D eigenvalue weighted by Crippen LogP contribution is -2.62. The molecule has 18 atom stereocenters. The van der Waals surface area contributed by atoms with Crippen LogP contribution in [0.3, 0.4) is 0 Å². The lowest BCUT2D eigenvalue weighted by Gasteiger charge is -2.50. The number of nitrogens with zero attached hydrogens (tertiary/aromatic N) is 2. The molecule has 1 unspecified atom stereocenters. The van der Waals surface area contributed by atoms with E-state index < -0.39 is 137 Å². The van der Waals surface area contributed by atoms with E-state index in [9.17, 15) is 29.4 Å². The Morgan fingerprint density at radius 2 is 1.42 bits per heavy atom. The van der Waals surface area contributed by atoms with Crippen molar-refractivity contribution in [3.05, 3.63) is 84.4 Å². The van der Waals surface area contributed by atoms with E-state index in [0.29, 0.717) is 17.5 Å². The van der Waals surface area contributed by atoms with Gasteiger partial charge < -0.3 is 62.6 Å². The van der Waals surface area contributed by atoms with Crippen LogP contribution in [-0.2, 0) is 57.1 Å². The summed E-state index contributed by atoms with van der Waals surface area (Å²) in [6, 6.07) is 16.8. The van der Waals surface area contributed by atoms with E-state index in [-0.39, 0.29) is 31.6 Å². The third-order valence-electron chi connectivity index (χ3n) is 15.6. The van der Waals surface area contributed by atoms with Gasteiger partial charge in [-0.1, -0.05) is 75.3 Å². The van der Waals surface area contributed by atoms with Crippen molar-refractivity contribution < 1.29 is 76.9 Å². The fourth-order valence-corrected chi connectivity index (χ4v) is 11.0. The second-order valence-corrected chi connectivity index (χ2v) is 23.3. The largest absolute Gasteiger partial charge is 0.459 e. The summed E-state index contributed by atoms with van der Waals surface area (Å²) in [4.78, 5) is 63.6. The van der Waals surface area contributed by atoms with Crippen LogP contribution in [0.4, 0.5) is 0 Å². The van der Waals surface area contributed by atoms with Gasteiger partial charge in [0.15, 0.2) is 24.8 Å². The molecule has 18 nitrogen and oxygen atoms in total.